The lowest BCUT2D eigenvalue weighted by molar-refractivity contribution is -0.135. The minimum atomic E-state index is -0.454. The number of nitrogens with zero attached hydrogens (tertiary/aromatic N) is 3. The Kier molecular flexibility index (Phi) is 25.7. The topological polar surface area (TPSA) is 176 Å². The van der Waals surface area contributed by atoms with Gasteiger partial charge in [0.05, 0.1) is 6.04 Å². The van der Waals surface area contributed by atoms with Crippen molar-refractivity contribution in [2.45, 2.75) is 138 Å². The number of nitrogens with two attached hydrogens (primary N) is 1. The molecule has 1 aromatic carbocycles. The van der Waals surface area contributed by atoms with Crippen LogP contribution in [0.4, 0.5) is 0 Å². The summed E-state index contributed by atoms with van der Waals surface area (Å²) >= 11 is 0. The van der Waals surface area contributed by atoms with Gasteiger partial charge in [0.15, 0.2) is 0 Å². The molecule has 0 spiro atoms. The second kappa shape index (κ2) is 27.9. The molecule has 13 nitrogen and oxygen atoms in total. The average Bonchev–Trinajstić information content (AvgIpc) is 3.71. The van der Waals surface area contributed by atoms with E-state index < -0.39 is 5.91 Å². The van der Waals surface area contributed by atoms with Gasteiger partial charge >= 0.3 is 0 Å². The highest BCUT2D eigenvalue weighted by Gasteiger charge is 2.38. The summed E-state index contributed by atoms with van der Waals surface area (Å²) in [7, 11) is 6.99. The zero-order valence-corrected chi connectivity index (χ0v) is 39.4. The molecule has 2 unspecified atom stereocenters. The Morgan fingerprint density at radius 2 is 1.52 bits per heavy atom. The summed E-state index contributed by atoms with van der Waals surface area (Å²) in [5.74, 6) is -0.268. The third-order valence-electron chi connectivity index (χ3n) is 10.6. The standard InChI is InChI=1S/C21H33N3O.C11H21NO.C7H12N2O2.C5H5NO2.C3H8/c1-14(20(2,3)4)23-19(25)18(22-7)21(5,6)16-13-24(8)17-12-10-9-11-15(16)17;1-2-3-9-12-11(13)10-7-5-4-6-8-10;1-6(7(8)11)3-4-9(2)5-10;1-6-4(7)2-3-5(6)8;1-3-2/h9-14,18,22H,1-8H3,(H,23,25);10H,2-9H2,1H3,(H,12,13);3,5H,4H2,1-2H3,(H2,8,11);2-3H,1H3;3H2,1-2H3/b;;6-3+;;. The predicted octanol–water partition coefficient (Wildman–Crippen LogP) is 6.54. The molecule has 1 fully saturated rings. The van der Waals surface area contributed by atoms with Crippen LogP contribution in [0.25, 0.3) is 10.9 Å². The van der Waals surface area contributed by atoms with Gasteiger partial charge < -0.3 is 31.2 Å². The van der Waals surface area contributed by atoms with Gasteiger partial charge in [-0.3, -0.25) is 33.7 Å². The number of unbranched alkanes of at least 4 members (excludes halogenated alkanes) is 1. The Labute approximate surface area is 361 Å². The third kappa shape index (κ3) is 19.1. The predicted molar refractivity (Wildman–Crippen MR) is 245 cm³/mol. The van der Waals surface area contributed by atoms with E-state index in [1.807, 2.05) is 13.1 Å². The number of amides is 6. The van der Waals surface area contributed by atoms with E-state index in [2.05, 4.69) is 114 Å². The molecule has 338 valence electrons. The van der Waals surface area contributed by atoms with Gasteiger partial charge in [-0.1, -0.05) is 112 Å². The van der Waals surface area contributed by atoms with Gasteiger partial charge in [-0.25, -0.2) is 0 Å². The number of aryl methyl sites for hydroxylation is 1. The van der Waals surface area contributed by atoms with Crippen LogP contribution in [-0.4, -0.2) is 96.6 Å². The van der Waals surface area contributed by atoms with Gasteiger partial charge in [-0.2, -0.15) is 0 Å². The summed E-state index contributed by atoms with van der Waals surface area (Å²) in [6, 6.07) is 8.13. The van der Waals surface area contributed by atoms with Crippen molar-refractivity contribution in [3.05, 3.63) is 59.8 Å². The van der Waals surface area contributed by atoms with Gasteiger partial charge in [0.2, 0.25) is 24.1 Å². The first-order valence-corrected chi connectivity index (χ1v) is 21.5. The molecule has 0 radical (unpaired) electrons. The van der Waals surface area contributed by atoms with Crippen LogP contribution in [0.1, 0.15) is 126 Å². The van der Waals surface area contributed by atoms with E-state index in [1.54, 1.807) is 20.0 Å². The second-order valence-corrected chi connectivity index (χ2v) is 17.3. The highest BCUT2D eigenvalue weighted by Crippen LogP contribution is 2.34. The van der Waals surface area contributed by atoms with E-state index in [4.69, 9.17) is 5.73 Å². The average molecular weight is 838 g/mol. The molecule has 2 atom stereocenters. The van der Waals surface area contributed by atoms with Crippen molar-refractivity contribution in [1.82, 2.24) is 30.3 Å². The highest BCUT2D eigenvalue weighted by atomic mass is 16.2. The van der Waals surface area contributed by atoms with Crippen molar-refractivity contribution >= 4 is 46.8 Å². The first kappa shape index (κ1) is 55.2. The van der Waals surface area contributed by atoms with Crippen molar-refractivity contribution in [3.8, 4) is 0 Å². The fourth-order valence-electron chi connectivity index (χ4n) is 6.14. The van der Waals surface area contributed by atoms with Crippen LogP contribution in [-0.2, 0) is 41.2 Å². The van der Waals surface area contributed by atoms with Crippen molar-refractivity contribution in [3.63, 3.8) is 0 Å². The molecule has 13 heteroatoms. The molecule has 6 amide bonds. The molecule has 1 aromatic heterocycles. The number of imide groups is 1. The van der Waals surface area contributed by atoms with E-state index in [1.165, 1.54) is 66.2 Å². The van der Waals surface area contributed by atoms with E-state index in [9.17, 15) is 28.8 Å². The number of hydrogen-bond donors (Lipinski definition) is 4. The Balaban J connectivity index is 0.000000833. The largest absolute Gasteiger partial charge is 0.366 e. The summed E-state index contributed by atoms with van der Waals surface area (Å²) in [5, 5.41) is 10.7. The van der Waals surface area contributed by atoms with Gasteiger partial charge in [0.25, 0.3) is 11.8 Å². The molecule has 2 aliphatic rings. The van der Waals surface area contributed by atoms with Crippen LogP contribution in [0.3, 0.4) is 0 Å². The molecule has 5 N–H and O–H groups in total. The number of carbonyl (C=O) groups excluding carboxylic acids is 6. The third-order valence-corrected chi connectivity index (χ3v) is 10.6. The summed E-state index contributed by atoms with van der Waals surface area (Å²) in [5.41, 5.74) is 7.46. The van der Waals surface area contributed by atoms with Crippen LogP contribution in [0, 0.1) is 11.3 Å². The molecule has 1 aliphatic heterocycles. The van der Waals surface area contributed by atoms with E-state index >= 15 is 0 Å². The van der Waals surface area contributed by atoms with Crippen LogP contribution in [0.2, 0.25) is 0 Å². The number of likely N-dealkylation sites (N-methyl/N-ethyl adjacent to an activating group) is 3. The number of para-hydroxylation sites is 1. The molecule has 2 aromatic rings. The van der Waals surface area contributed by atoms with E-state index in [0.717, 1.165) is 37.1 Å². The normalized spacial score (nSPS) is 15.1. The lowest BCUT2D eigenvalue weighted by atomic mass is 9.76. The smallest absolute Gasteiger partial charge is 0.253 e. The Morgan fingerprint density at radius 3 is 1.97 bits per heavy atom. The lowest BCUT2D eigenvalue weighted by Gasteiger charge is -2.36. The van der Waals surface area contributed by atoms with Crippen LogP contribution >= 0.6 is 0 Å². The molecule has 0 saturated heterocycles. The summed E-state index contributed by atoms with van der Waals surface area (Å²) in [6.45, 7) is 22.1. The van der Waals surface area contributed by atoms with Crippen LogP contribution < -0.4 is 21.7 Å². The van der Waals surface area contributed by atoms with Gasteiger partial charge in [0.1, 0.15) is 0 Å². The molecule has 1 aliphatic carbocycles. The molecule has 1 saturated carbocycles. The number of carbonyl (C=O) groups is 6. The van der Waals surface area contributed by atoms with Gasteiger partial charge in [-0.05, 0) is 57.2 Å². The molecule has 60 heavy (non-hydrogen) atoms. The SMILES string of the molecule is C/C(=C\CN(C)C=O)C(N)=O.CCC.CCCCNC(=O)C1CCCCC1.CN1C(=O)C=CC1=O.CNC(C(=O)NC(C)C(C)(C)C)C(C)(C)c1cn(C)c2ccccc12. The van der Waals surface area contributed by atoms with E-state index in [-0.39, 0.29) is 40.6 Å². The number of hydrogen-bond acceptors (Lipinski definition) is 7. The van der Waals surface area contributed by atoms with Gasteiger partial charge in [-0.15, -0.1) is 0 Å². The molecule has 4 rings (SSSR count). The summed E-state index contributed by atoms with van der Waals surface area (Å²) in [4.78, 5) is 68.4. The lowest BCUT2D eigenvalue weighted by Crippen LogP contribution is -2.56. The number of rotatable bonds is 13. The minimum absolute atomic E-state index is 0.0253. The summed E-state index contributed by atoms with van der Waals surface area (Å²) in [6.07, 6.45) is 16.5. The first-order chi connectivity index (χ1) is 28.0. The minimum Gasteiger partial charge on any atom is -0.366 e. The maximum absolute atomic E-state index is 13.0. The van der Waals surface area contributed by atoms with Crippen LogP contribution in [0.5, 0.6) is 0 Å². The second-order valence-electron chi connectivity index (χ2n) is 17.3. The molecular weight excluding hydrogens is 759 g/mol. The first-order valence-electron chi connectivity index (χ1n) is 21.5. The fraction of sp³-hybridized carbons (Fsp3) is 0.617. The Hall–Kier alpha value is -4.78. The fourth-order valence-corrected chi connectivity index (χ4v) is 6.14. The summed E-state index contributed by atoms with van der Waals surface area (Å²) < 4.78 is 2.13. The molecule has 2 heterocycles. The zero-order valence-electron chi connectivity index (χ0n) is 39.4. The highest BCUT2D eigenvalue weighted by molar-refractivity contribution is 6.12. The van der Waals surface area contributed by atoms with Crippen LogP contribution in [0.15, 0.2) is 54.3 Å². The number of primary amides is 1. The number of benzene rings is 1. The van der Waals surface area contributed by atoms with Crippen molar-refractivity contribution in [2.24, 2.45) is 24.1 Å². The number of fused-ring (bicyclic) bond motifs is 1. The van der Waals surface area contributed by atoms with Gasteiger partial charge in [0, 0.05) is 86.4 Å². The Morgan fingerprint density at radius 1 is 0.967 bits per heavy atom. The maximum atomic E-state index is 13.0. The van der Waals surface area contributed by atoms with E-state index in [0.29, 0.717) is 30.4 Å². The molecule has 0 bridgehead atoms. The van der Waals surface area contributed by atoms with Crippen molar-refractivity contribution < 1.29 is 28.8 Å². The van der Waals surface area contributed by atoms with Crippen molar-refractivity contribution in [2.75, 3.05) is 34.2 Å². The zero-order chi connectivity index (χ0) is 46.2. The van der Waals surface area contributed by atoms with Crippen molar-refractivity contribution in [1.29, 1.82) is 0 Å². The number of aromatic nitrogens is 1. The molecular formula is C47H79N7O6. The monoisotopic (exact) mass is 838 g/mol. The number of nitrogens with one attached hydrogen (secondary N) is 3. The Bertz CT molecular complexity index is 1700. The quantitative estimate of drug-likeness (QED) is 0.0767. The maximum Gasteiger partial charge on any atom is 0.253 e.